The van der Waals surface area contributed by atoms with Gasteiger partial charge in [-0.3, -0.25) is 14.5 Å². The second kappa shape index (κ2) is 10.1. The van der Waals surface area contributed by atoms with Crippen LogP contribution in [0.3, 0.4) is 0 Å². The lowest BCUT2D eigenvalue weighted by Gasteiger charge is -2.30. The number of imidazole rings is 1. The lowest BCUT2D eigenvalue weighted by atomic mass is 10.0. The van der Waals surface area contributed by atoms with Gasteiger partial charge in [0.15, 0.2) is 0 Å². The number of H-pyrrole nitrogens is 1. The van der Waals surface area contributed by atoms with E-state index in [-0.39, 0.29) is 5.91 Å². The molecular weight excluding hydrogens is 474 g/mol. The van der Waals surface area contributed by atoms with Crippen LogP contribution in [0.25, 0.3) is 28.0 Å². The summed E-state index contributed by atoms with van der Waals surface area (Å²) in [5.74, 6) is 0.366. The smallest absolute Gasteiger partial charge is 0.256 e. The molecule has 1 aliphatic rings. The fourth-order valence-electron chi connectivity index (χ4n) is 4.99. The van der Waals surface area contributed by atoms with Crippen molar-refractivity contribution in [1.29, 1.82) is 0 Å². The summed E-state index contributed by atoms with van der Waals surface area (Å²) in [6.07, 6.45) is 4.10. The monoisotopic (exact) mass is 505 g/mol. The number of aryl methyl sites for hydroxylation is 1. The quantitative estimate of drug-likeness (QED) is 0.284. The normalized spacial score (nSPS) is 14.6. The summed E-state index contributed by atoms with van der Waals surface area (Å²) in [4.78, 5) is 19.8. The highest BCUT2D eigenvalue weighted by Gasteiger charge is 2.17. The van der Waals surface area contributed by atoms with Crippen molar-refractivity contribution < 1.29 is 4.79 Å². The third-order valence-electron chi connectivity index (χ3n) is 7.19. The molecule has 1 aliphatic heterocycles. The van der Waals surface area contributed by atoms with E-state index in [1.807, 2.05) is 54.9 Å². The van der Waals surface area contributed by atoms with Gasteiger partial charge in [0.05, 0.1) is 16.7 Å². The maximum Gasteiger partial charge on any atom is 0.256 e. The Hall–Kier alpha value is -4.43. The number of carbonyl (C=O) groups is 1. The molecule has 0 radical (unpaired) electrons. The zero-order chi connectivity index (χ0) is 26.1. The molecule has 6 rings (SSSR count). The number of carbonyl (C=O) groups excluding carboxylic acids is 1. The van der Waals surface area contributed by atoms with Crippen molar-refractivity contribution in [2.75, 3.05) is 30.8 Å². The van der Waals surface area contributed by atoms with E-state index in [9.17, 15) is 4.79 Å². The van der Waals surface area contributed by atoms with Crippen LogP contribution in [0.4, 0.5) is 11.5 Å². The minimum absolute atomic E-state index is 0.181. The maximum atomic E-state index is 12.9. The van der Waals surface area contributed by atoms with E-state index < -0.39 is 0 Å². The molecule has 3 aromatic carbocycles. The van der Waals surface area contributed by atoms with Crippen LogP contribution in [0.2, 0.25) is 0 Å². The predicted octanol–water partition coefficient (Wildman–Crippen LogP) is 5.48. The van der Waals surface area contributed by atoms with Crippen molar-refractivity contribution in [2.45, 2.75) is 25.8 Å². The number of fused-ring (bicyclic) bond motifs is 1. The molecule has 3 N–H and O–H groups in total. The maximum absolute atomic E-state index is 12.9. The number of hydrogen-bond acceptors (Lipinski definition) is 5. The molecule has 1 fully saturated rings. The van der Waals surface area contributed by atoms with Crippen molar-refractivity contribution in [1.82, 2.24) is 24.6 Å². The number of piperidine rings is 1. The van der Waals surface area contributed by atoms with E-state index >= 15 is 0 Å². The first-order chi connectivity index (χ1) is 18.5. The van der Waals surface area contributed by atoms with Gasteiger partial charge < -0.3 is 15.5 Å². The summed E-state index contributed by atoms with van der Waals surface area (Å²) in [7, 11) is 2.16. The summed E-state index contributed by atoms with van der Waals surface area (Å²) in [5, 5.41) is 13.9. The van der Waals surface area contributed by atoms with Crippen molar-refractivity contribution in [3.05, 3.63) is 90.3 Å². The molecule has 0 aliphatic carbocycles. The van der Waals surface area contributed by atoms with Crippen LogP contribution in [0, 0.1) is 6.92 Å². The Morgan fingerprint density at radius 2 is 1.82 bits per heavy atom. The molecule has 8 heteroatoms. The fraction of sp³-hybridized carbons (Fsp3) is 0.233. The minimum Gasteiger partial charge on any atom is -0.382 e. The van der Waals surface area contributed by atoms with Crippen LogP contribution in [0.15, 0.2) is 79.1 Å². The molecule has 1 saturated heterocycles. The van der Waals surface area contributed by atoms with E-state index in [2.05, 4.69) is 73.5 Å². The largest absolute Gasteiger partial charge is 0.382 e. The number of aromatic nitrogens is 4. The number of benzene rings is 3. The van der Waals surface area contributed by atoms with Gasteiger partial charge in [0.2, 0.25) is 0 Å². The molecule has 0 saturated carbocycles. The van der Waals surface area contributed by atoms with Crippen molar-refractivity contribution >= 4 is 28.4 Å². The molecule has 2 aromatic heterocycles. The van der Waals surface area contributed by atoms with E-state index in [1.54, 1.807) is 0 Å². The Morgan fingerprint density at radius 1 is 1.00 bits per heavy atom. The van der Waals surface area contributed by atoms with Gasteiger partial charge in [0.1, 0.15) is 12.1 Å². The number of likely N-dealkylation sites (tertiary alicyclic amines) is 1. The zero-order valence-corrected chi connectivity index (χ0v) is 21.6. The minimum atomic E-state index is -0.181. The Bertz CT molecular complexity index is 1580. The number of anilines is 2. The summed E-state index contributed by atoms with van der Waals surface area (Å²) in [6, 6.07) is 24.4. The number of nitrogens with zero attached hydrogens (tertiary/aromatic N) is 4. The number of amides is 1. The average molecular weight is 506 g/mol. The number of rotatable bonds is 6. The summed E-state index contributed by atoms with van der Waals surface area (Å²) < 4.78 is 2.08. The van der Waals surface area contributed by atoms with Crippen LogP contribution in [0.1, 0.15) is 28.8 Å². The van der Waals surface area contributed by atoms with Gasteiger partial charge in [-0.2, -0.15) is 5.10 Å². The van der Waals surface area contributed by atoms with Crippen LogP contribution in [0.5, 0.6) is 0 Å². The van der Waals surface area contributed by atoms with Crippen LogP contribution >= 0.6 is 0 Å². The first-order valence-corrected chi connectivity index (χ1v) is 13.0. The fourth-order valence-corrected chi connectivity index (χ4v) is 4.99. The van der Waals surface area contributed by atoms with E-state index in [0.717, 1.165) is 59.6 Å². The number of hydrogen-bond donors (Lipinski definition) is 3. The Labute approximate surface area is 221 Å². The van der Waals surface area contributed by atoms with E-state index in [1.165, 1.54) is 5.56 Å². The second-order valence-electron chi connectivity index (χ2n) is 10.1. The van der Waals surface area contributed by atoms with Gasteiger partial charge >= 0.3 is 0 Å². The lowest BCUT2D eigenvalue weighted by molar-refractivity contribution is 0.102. The van der Waals surface area contributed by atoms with E-state index in [0.29, 0.717) is 17.4 Å². The summed E-state index contributed by atoms with van der Waals surface area (Å²) >= 11 is 0. The molecular formula is C30H31N7O. The Morgan fingerprint density at radius 3 is 2.61 bits per heavy atom. The van der Waals surface area contributed by atoms with Crippen LogP contribution in [-0.4, -0.2) is 56.7 Å². The molecule has 38 heavy (non-hydrogen) atoms. The molecule has 192 valence electrons. The van der Waals surface area contributed by atoms with Gasteiger partial charge in [0.25, 0.3) is 5.91 Å². The van der Waals surface area contributed by atoms with Gasteiger partial charge in [-0.1, -0.05) is 18.2 Å². The topological polar surface area (TPSA) is 90.9 Å². The molecule has 3 heterocycles. The summed E-state index contributed by atoms with van der Waals surface area (Å²) in [5.41, 5.74) is 7.48. The lowest BCUT2D eigenvalue weighted by Crippen LogP contribution is -2.36. The third kappa shape index (κ3) is 5.03. The Balaban J connectivity index is 1.14. The number of aromatic amines is 1. The van der Waals surface area contributed by atoms with Crippen LogP contribution < -0.4 is 10.6 Å². The van der Waals surface area contributed by atoms with Gasteiger partial charge in [-0.25, -0.2) is 4.98 Å². The summed E-state index contributed by atoms with van der Waals surface area (Å²) in [6.45, 7) is 4.29. The van der Waals surface area contributed by atoms with Gasteiger partial charge in [-0.05, 0) is 94.0 Å². The first kappa shape index (κ1) is 23.9. The van der Waals surface area contributed by atoms with Gasteiger partial charge in [-0.15, -0.1) is 0 Å². The number of nitrogens with one attached hydrogen (secondary N) is 3. The molecule has 1 amide bonds. The molecule has 0 bridgehead atoms. The SMILES string of the molecule is Cc1cccc(-n2cnc3ccc(-c4cc(NC(=O)c5ccc(NC6CCN(C)CC6)cc5)[nH]n4)cc32)c1. The van der Waals surface area contributed by atoms with Gasteiger partial charge in [0, 0.05) is 34.6 Å². The van der Waals surface area contributed by atoms with E-state index in [4.69, 9.17) is 0 Å². The first-order valence-electron chi connectivity index (χ1n) is 13.0. The average Bonchev–Trinajstić information content (AvgIpc) is 3.57. The Kier molecular flexibility index (Phi) is 6.39. The molecule has 0 atom stereocenters. The third-order valence-corrected chi connectivity index (χ3v) is 7.19. The van der Waals surface area contributed by atoms with Crippen molar-refractivity contribution in [3.63, 3.8) is 0 Å². The molecule has 8 nitrogen and oxygen atoms in total. The van der Waals surface area contributed by atoms with Crippen molar-refractivity contribution in [3.8, 4) is 16.9 Å². The molecule has 5 aromatic rings. The highest BCUT2D eigenvalue weighted by atomic mass is 16.1. The predicted molar refractivity (Wildman–Crippen MR) is 152 cm³/mol. The zero-order valence-electron chi connectivity index (χ0n) is 21.6. The van der Waals surface area contributed by atoms with Crippen LogP contribution in [-0.2, 0) is 0 Å². The molecule has 0 unspecified atom stereocenters. The van der Waals surface area contributed by atoms with Crippen molar-refractivity contribution in [2.24, 2.45) is 0 Å². The molecule has 0 spiro atoms. The standard InChI is InChI=1S/C30H31N7O/c1-20-4-3-5-25(16-20)37-19-31-26-11-8-22(17-28(26)37)27-18-29(35-34-27)33-30(38)21-6-9-23(10-7-21)32-24-12-14-36(2)15-13-24/h3-11,16-19,24,32H,12-15H2,1-2H3,(H2,33,34,35,38). The highest BCUT2D eigenvalue weighted by molar-refractivity contribution is 6.04. The highest BCUT2D eigenvalue weighted by Crippen LogP contribution is 2.26. The second-order valence-corrected chi connectivity index (χ2v) is 10.1.